The topological polar surface area (TPSA) is 75.7 Å². The maximum atomic E-state index is 12.8. The molecule has 7 rings (SSSR count). The van der Waals surface area contributed by atoms with E-state index in [1.165, 1.54) is 5.69 Å². The highest BCUT2D eigenvalue weighted by Gasteiger charge is 2.14. The molecule has 0 bridgehead atoms. The lowest BCUT2D eigenvalue weighted by atomic mass is 9.99. The van der Waals surface area contributed by atoms with Crippen LogP contribution in [0, 0.1) is 0 Å². The SMILES string of the molecule is COc1ccc(CNc2nc3ccc(-c4cccc(NC(=O)c5ccccc5)c4)cc3cc2-c2ccc(N3CCOCC3)cc2)cc1. The molecule has 47 heavy (non-hydrogen) atoms. The van der Waals surface area contributed by atoms with Crippen molar-refractivity contribution in [1.29, 1.82) is 0 Å². The number of morpholine rings is 1. The van der Waals surface area contributed by atoms with Gasteiger partial charge in [-0.2, -0.15) is 0 Å². The van der Waals surface area contributed by atoms with Crippen LogP contribution in [0.4, 0.5) is 17.2 Å². The number of anilines is 3. The van der Waals surface area contributed by atoms with E-state index in [0.29, 0.717) is 12.1 Å². The van der Waals surface area contributed by atoms with Gasteiger partial charge in [0.2, 0.25) is 0 Å². The molecule has 0 radical (unpaired) electrons. The Balaban J connectivity index is 1.21. The summed E-state index contributed by atoms with van der Waals surface area (Å²) in [5, 5.41) is 7.66. The van der Waals surface area contributed by atoms with E-state index >= 15 is 0 Å². The van der Waals surface area contributed by atoms with Crippen molar-refractivity contribution in [2.24, 2.45) is 0 Å². The number of benzene rings is 5. The fourth-order valence-corrected chi connectivity index (χ4v) is 5.88. The maximum absolute atomic E-state index is 12.8. The minimum atomic E-state index is -0.135. The number of ether oxygens (including phenoxy) is 2. The lowest BCUT2D eigenvalue weighted by Gasteiger charge is -2.29. The second kappa shape index (κ2) is 13.8. The first-order valence-corrected chi connectivity index (χ1v) is 15.8. The smallest absolute Gasteiger partial charge is 0.255 e. The van der Waals surface area contributed by atoms with Gasteiger partial charge in [0.15, 0.2) is 0 Å². The Kier molecular flexibility index (Phi) is 8.79. The lowest BCUT2D eigenvalue weighted by molar-refractivity contribution is 0.102. The highest BCUT2D eigenvalue weighted by atomic mass is 16.5. The molecule has 0 spiro atoms. The molecule has 6 aromatic rings. The zero-order valence-corrected chi connectivity index (χ0v) is 26.3. The molecule has 0 saturated carbocycles. The zero-order chi connectivity index (χ0) is 32.0. The van der Waals surface area contributed by atoms with Crippen molar-refractivity contribution in [3.05, 3.63) is 139 Å². The van der Waals surface area contributed by atoms with Crippen molar-refractivity contribution < 1.29 is 14.3 Å². The zero-order valence-electron chi connectivity index (χ0n) is 26.3. The van der Waals surface area contributed by atoms with E-state index in [9.17, 15) is 4.79 Å². The molecule has 5 aromatic carbocycles. The van der Waals surface area contributed by atoms with E-state index in [-0.39, 0.29) is 5.91 Å². The number of hydrogen-bond donors (Lipinski definition) is 2. The summed E-state index contributed by atoms with van der Waals surface area (Å²) in [6, 6.07) is 42.5. The van der Waals surface area contributed by atoms with Crippen LogP contribution in [0.1, 0.15) is 15.9 Å². The van der Waals surface area contributed by atoms with Crippen molar-refractivity contribution in [2.75, 3.05) is 48.9 Å². The number of carbonyl (C=O) groups excluding carboxylic acids is 1. The third-order valence-electron chi connectivity index (χ3n) is 8.48. The van der Waals surface area contributed by atoms with Crippen LogP contribution < -0.4 is 20.3 Å². The summed E-state index contributed by atoms with van der Waals surface area (Å²) in [4.78, 5) is 20.3. The summed E-state index contributed by atoms with van der Waals surface area (Å²) in [5.41, 5.74) is 8.76. The van der Waals surface area contributed by atoms with Gasteiger partial charge in [-0.1, -0.05) is 60.7 Å². The minimum Gasteiger partial charge on any atom is -0.497 e. The highest BCUT2D eigenvalue weighted by molar-refractivity contribution is 6.04. The standard InChI is InChI=1S/C40H36N4O3/c1-46-36-17-10-28(11-18-36)27-41-39-37(29-12-15-35(16-13-29)44-20-22-47-23-21-44)26-33-24-32(14-19-38(33)43-39)31-8-5-9-34(25-31)42-40(45)30-6-3-2-4-7-30/h2-19,24-26H,20-23,27H2,1H3,(H,41,43)(H,42,45). The molecule has 1 aromatic heterocycles. The highest BCUT2D eigenvalue weighted by Crippen LogP contribution is 2.34. The number of nitrogens with zero attached hydrogens (tertiary/aromatic N) is 2. The van der Waals surface area contributed by atoms with Crippen molar-refractivity contribution in [2.45, 2.75) is 6.54 Å². The number of nitrogens with one attached hydrogen (secondary N) is 2. The quantitative estimate of drug-likeness (QED) is 0.169. The van der Waals surface area contributed by atoms with Gasteiger partial charge in [0, 0.05) is 47.5 Å². The van der Waals surface area contributed by atoms with Gasteiger partial charge in [-0.25, -0.2) is 4.98 Å². The van der Waals surface area contributed by atoms with Gasteiger partial charge in [0.05, 0.1) is 25.8 Å². The molecule has 2 N–H and O–H groups in total. The molecule has 1 amide bonds. The number of carbonyl (C=O) groups is 1. The van der Waals surface area contributed by atoms with Gasteiger partial charge >= 0.3 is 0 Å². The first-order valence-electron chi connectivity index (χ1n) is 15.8. The monoisotopic (exact) mass is 620 g/mol. The van der Waals surface area contributed by atoms with Gasteiger partial charge in [-0.3, -0.25) is 4.79 Å². The summed E-state index contributed by atoms with van der Waals surface area (Å²) >= 11 is 0. The summed E-state index contributed by atoms with van der Waals surface area (Å²) in [6.45, 7) is 3.92. The predicted molar refractivity (Wildman–Crippen MR) is 190 cm³/mol. The van der Waals surface area contributed by atoms with E-state index in [0.717, 1.165) is 82.3 Å². The Labute approximate surface area is 274 Å². The maximum Gasteiger partial charge on any atom is 0.255 e. The molecule has 7 heteroatoms. The Bertz CT molecular complexity index is 1990. The fourth-order valence-electron chi connectivity index (χ4n) is 5.88. The van der Waals surface area contributed by atoms with Gasteiger partial charge in [0.25, 0.3) is 5.91 Å². The number of pyridine rings is 1. The Morgan fingerprint density at radius 3 is 2.30 bits per heavy atom. The molecule has 0 atom stereocenters. The number of methoxy groups -OCH3 is 1. The molecule has 1 aliphatic heterocycles. The molecule has 7 nitrogen and oxygen atoms in total. The van der Waals surface area contributed by atoms with E-state index in [2.05, 4.69) is 82.3 Å². The second-order valence-corrected chi connectivity index (χ2v) is 11.5. The van der Waals surface area contributed by atoms with E-state index in [1.807, 2.05) is 60.7 Å². The summed E-state index contributed by atoms with van der Waals surface area (Å²) in [5.74, 6) is 1.52. The molecule has 1 saturated heterocycles. The Morgan fingerprint density at radius 1 is 0.787 bits per heavy atom. The molecule has 1 fully saturated rings. The van der Waals surface area contributed by atoms with Gasteiger partial charge < -0.3 is 25.0 Å². The molecule has 1 aliphatic rings. The largest absolute Gasteiger partial charge is 0.497 e. The third kappa shape index (κ3) is 6.95. The summed E-state index contributed by atoms with van der Waals surface area (Å²) in [7, 11) is 1.68. The average molecular weight is 621 g/mol. The number of hydrogen-bond acceptors (Lipinski definition) is 6. The van der Waals surface area contributed by atoms with Gasteiger partial charge in [-0.05, 0) is 89.0 Å². The molecule has 0 aliphatic carbocycles. The van der Waals surface area contributed by atoms with Crippen LogP contribution in [0.3, 0.4) is 0 Å². The predicted octanol–water partition coefficient (Wildman–Crippen LogP) is 8.28. The lowest BCUT2D eigenvalue weighted by Crippen LogP contribution is -2.36. The van der Waals surface area contributed by atoms with Gasteiger partial charge in [-0.15, -0.1) is 0 Å². The normalized spacial score (nSPS) is 12.9. The van der Waals surface area contributed by atoms with Crippen LogP contribution in [0.2, 0.25) is 0 Å². The van der Waals surface area contributed by atoms with E-state index in [4.69, 9.17) is 14.5 Å². The number of aromatic nitrogens is 1. The van der Waals surface area contributed by atoms with E-state index in [1.54, 1.807) is 7.11 Å². The summed E-state index contributed by atoms with van der Waals surface area (Å²) < 4.78 is 10.9. The molecule has 0 unspecified atom stereocenters. The van der Waals surface area contributed by atoms with Crippen LogP contribution in [-0.4, -0.2) is 44.3 Å². The van der Waals surface area contributed by atoms with Crippen molar-refractivity contribution in [3.63, 3.8) is 0 Å². The van der Waals surface area contributed by atoms with Crippen LogP contribution in [0.25, 0.3) is 33.2 Å². The van der Waals surface area contributed by atoms with Crippen LogP contribution >= 0.6 is 0 Å². The first kappa shape index (κ1) is 30.0. The molecule has 2 heterocycles. The number of fused-ring (bicyclic) bond motifs is 1. The summed E-state index contributed by atoms with van der Waals surface area (Å²) in [6.07, 6.45) is 0. The minimum absolute atomic E-state index is 0.135. The van der Waals surface area contributed by atoms with Crippen LogP contribution in [0.15, 0.2) is 127 Å². The number of amides is 1. The van der Waals surface area contributed by atoms with Gasteiger partial charge in [0.1, 0.15) is 11.6 Å². The second-order valence-electron chi connectivity index (χ2n) is 11.5. The van der Waals surface area contributed by atoms with Crippen molar-refractivity contribution in [3.8, 4) is 28.0 Å². The van der Waals surface area contributed by atoms with E-state index < -0.39 is 0 Å². The van der Waals surface area contributed by atoms with Crippen molar-refractivity contribution in [1.82, 2.24) is 4.98 Å². The number of rotatable bonds is 9. The van der Waals surface area contributed by atoms with Crippen LogP contribution in [-0.2, 0) is 11.3 Å². The Morgan fingerprint density at radius 2 is 1.53 bits per heavy atom. The van der Waals surface area contributed by atoms with Crippen molar-refractivity contribution >= 4 is 34.0 Å². The fraction of sp³-hybridized carbons (Fsp3) is 0.150. The molecular formula is C40H36N4O3. The first-order chi connectivity index (χ1) is 23.1. The average Bonchev–Trinajstić information content (AvgIpc) is 3.14. The van der Waals surface area contributed by atoms with Crippen LogP contribution in [0.5, 0.6) is 5.75 Å². The molecular weight excluding hydrogens is 584 g/mol. The Hall–Kier alpha value is -5.66. The third-order valence-corrected chi connectivity index (χ3v) is 8.48. The molecule has 234 valence electrons.